The molecule has 0 aliphatic carbocycles. The van der Waals surface area contributed by atoms with Crippen molar-refractivity contribution in [3.05, 3.63) is 64.7 Å². The van der Waals surface area contributed by atoms with Gasteiger partial charge in [-0.3, -0.25) is 0 Å². The summed E-state index contributed by atoms with van der Waals surface area (Å²) in [5.74, 6) is -0.202. The first-order valence-electron chi connectivity index (χ1n) is 6.35. The molecule has 2 N–H and O–H groups in total. The second kappa shape index (κ2) is 6.01. The lowest BCUT2D eigenvalue weighted by Crippen LogP contribution is -2.15. The number of nitrogens with two attached hydrogens (primary N) is 1. The zero-order valence-corrected chi connectivity index (χ0v) is 11.5. The molecular formula is C16H17F2NO. The smallest absolute Gasteiger partial charge is 0.128 e. The van der Waals surface area contributed by atoms with Gasteiger partial charge in [0.1, 0.15) is 17.4 Å². The second-order valence-electron chi connectivity index (χ2n) is 4.79. The first kappa shape index (κ1) is 14.5. The van der Waals surface area contributed by atoms with Crippen molar-refractivity contribution in [3.8, 4) is 5.75 Å². The van der Waals surface area contributed by atoms with Crippen LogP contribution in [0.4, 0.5) is 8.78 Å². The highest BCUT2D eigenvalue weighted by Gasteiger charge is 2.15. The van der Waals surface area contributed by atoms with E-state index in [-0.39, 0.29) is 11.1 Å². The van der Waals surface area contributed by atoms with Crippen LogP contribution in [0.1, 0.15) is 22.7 Å². The fraction of sp³-hybridized carbons (Fsp3) is 0.250. The van der Waals surface area contributed by atoms with E-state index < -0.39 is 17.7 Å². The summed E-state index contributed by atoms with van der Waals surface area (Å²) in [6.45, 7) is 1.52. The van der Waals surface area contributed by atoms with Crippen LogP contribution in [0.15, 0.2) is 36.4 Å². The Bertz CT molecular complexity index is 613. The van der Waals surface area contributed by atoms with Gasteiger partial charge in [0.25, 0.3) is 0 Å². The maximum atomic E-state index is 13.9. The normalized spacial score (nSPS) is 12.2. The number of aryl methyl sites for hydroxylation is 1. The molecule has 0 aliphatic rings. The predicted octanol–water partition coefficient (Wildman–Crippen LogP) is 3.52. The Labute approximate surface area is 117 Å². The largest absolute Gasteiger partial charge is 0.497 e. The van der Waals surface area contributed by atoms with Crippen molar-refractivity contribution in [2.45, 2.75) is 19.4 Å². The summed E-state index contributed by atoms with van der Waals surface area (Å²) in [5.41, 5.74) is 7.37. The van der Waals surface area contributed by atoms with Gasteiger partial charge < -0.3 is 10.5 Å². The summed E-state index contributed by atoms with van der Waals surface area (Å²) >= 11 is 0. The molecule has 1 atom stereocenters. The van der Waals surface area contributed by atoms with E-state index in [9.17, 15) is 8.78 Å². The van der Waals surface area contributed by atoms with Gasteiger partial charge in [-0.15, -0.1) is 0 Å². The Morgan fingerprint density at radius 1 is 1.15 bits per heavy atom. The third kappa shape index (κ3) is 3.14. The van der Waals surface area contributed by atoms with E-state index in [0.717, 1.165) is 5.56 Å². The third-order valence-corrected chi connectivity index (χ3v) is 3.27. The summed E-state index contributed by atoms with van der Waals surface area (Å²) in [6.07, 6.45) is 0.413. The Balaban J connectivity index is 2.23. The van der Waals surface area contributed by atoms with E-state index in [4.69, 9.17) is 10.5 Å². The molecule has 106 valence electrons. The molecule has 0 saturated carbocycles. The van der Waals surface area contributed by atoms with Crippen molar-refractivity contribution in [3.63, 3.8) is 0 Å². The molecule has 4 heteroatoms. The van der Waals surface area contributed by atoms with Gasteiger partial charge in [0.05, 0.1) is 7.11 Å². The van der Waals surface area contributed by atoms with Gasteiger partial charge >= 0.3 is 0 Å². The van der Waals surface area contributed by atoms with Crippen molar-refractivity contribution in [1.82, 2.24) is 0 Å². The molecule has 2 aromatic rings. The first-order chi connectivity index (χ1) is 9.51. The Hall–Kier alpha value is -1.94. The van der Waals surface area contributed by atoms with Crippen LogP contribution in [-0.2, 0) is 6.42 Å². The average Bonchev–Trinajstić information content (AvgIpc) is 2.43. The molecule has 0 aromatic heterocycles. The minimum absolute atomic E-state index is 0.191. The maximum Gasteiger partial charge on any atom is 0.128 e. The molecule has 0 fully saturated rings. The van der Waals surface area contributed by atoms with E-state index in [1.165, 1.54) is 19.1 Å². The summed E-state index contributed by atoms with van der Waals surface area (Å²) < 4.78 is 32.5. The molecule has 2 nitrogen and oxygen atoms in total. The summed E-state index contributed by atoms with van der Waals surface area (Å²) in [7, 11) is 1.58. The predicted molar refractivity (Wildman–Crippen MR) is 74.7 cm³/mol. The lowest BCUT2D eigenvalue weighted by Gasteiger charge is -2.14. The zero-order valence-electron chi connectivity index (χ0n) is 11.5. The van der Waals surface area contributed by atoms with E-state index in [1.807, 2.05) is 24.3 Å². The number of rotatable bonds is 4. The minimum atomic E-state index is -0.600. The molecule has 0 aliphatic heterocycles. The highest BCUT2D eigenvalue weighted by atomic mass is 19.1. The van der Waals surface area contributed by atoms with E-state index in [1.54, 1.807) is 7.11 Å². The van der Waals surface area contributed by atoms with E-state index in [0.29, 0.717) is 12.2 Å². The van der Waals surface area contributed by atoms with Crippen LogP contribution in [0.25, 0.3) is 0 Å². The van der Waals surface area contributed by atoms with Gasteiger partial charge in [-0.1, -0.05) is 12.1 Å². The number of hydrogen-bond donors (Lipinski definition) is 1. The van der Waals surface area contributed by atoms with E-state index in [2.05, 4.69) is 0 Å². The fourth-order valence-corrected chi connectivity index (χ4v) is 2.11. The van der Waals surface area contributed by atoms with Crippen molar-refractivity contribution in [2.75, 3.05) is 7.11 Å². The van der Waals surface area contributed by atoms with Crippen molar-refractivity contribution < 1.29 is 13.5 Å². The fourth-order valence-electron chi connectivity index (χ4n) is 2.11. The number of halogens is 2. The molecule has 0 saturated heterocycles. The van der Waals surface area contributed by atoms with Crippen LogP contribution in [-0.4, -0.2) is 7.11 Å². The Morgan fingerprint density at radius 2 is 1.90 bits per heavy atom. The summed E-state index contributed by atoms with van der Waals surface area (Å²) in [5, 5.41) is 0. The minimum Gasteiger partial charge on any atom is -0.497 e. The van der Waals surface area contributed by atoms with Crippen LogP contribution in [0.5, 0.6) is 5.75 Å². The van der Waals surface area contributed by atoms with Gasteiger partial charge in [0.15, 0.2) is 0 Å². The molecule has 0 bridgehead atoms. The maximum absolute atomic E-state index is 13.9. The van der Waals surface area contributed by atoms with Gasteiger partial charge in [-0.05, 0) is 48.7 Å². The van der Waals surface area contributed by atoms with Gasteiger partial charge in [0, 0.05) is 11.6 Å². The molecule has 0 amide bonds. The topological polar surface area (TPSA) is 35.2 Å². The van der Waals surface area contributed by atoms with Crippen molar-refractivity contribution in [2.24, 2.45) is 5.73 Å². The average molecular weight is 277 g/mol. The number of ether oxygens (including phenoxy) is 1. The van der Waals surface area contributed by atoms with Crippen molar-refractivity contribution >= 4 is 0 Å². The number of hydrogen-bond acceptors (Lipinski definition) is 2. The number of benzene rings is 2. The quantitative estimate of drug-likeness (QED) is 0.928. The van der Waals surface area contributed by atoms with Gasteiger partial charge in [-0.2, -0.15) is 0 Å². The van der Waals surface area contributed by atoms with Crippen LogP contribution in [0.2, 0.25) is 0 Å². The van der Waals surface area contributed by atoms with Gasteiger partial charge in [-0.25, -0.2) is 8.78 Å². The lowest BCUT2D eigenvalue weighted by atomic mass is 9.98. The van der Waals surface area contributed by atoms with Crippen LogP contribution in [0, 0.1) is 18.6 Å². The zero-order chi connectivity index (χ0) is 14.7. The van der Waals surface area contributed by atoms with Crippen LogP contribution < -0.4 is 10.5 Å². The molecule has 0 heterocycles. The Morgan fingerprint density at radius 3 is 2.60 bits per heavy atom. The Kier molecular flexibility index (Phi) is 4.35. The highest BCUT2D eigenvalue weighted by Crippen LogP contribution is 2.23. The van der Waals surface area contributed by atoms with Crippen molar-refractivity contribution in [1.29, 1.82) is 0 Å². The van der Waals surface area contributed by atoms with Gasteiger partial charge in [0.2, 0.25) is 0 Å². The highest BCUT2D eigenvalue weighted by molar-refractivity contribution is 5.32. The third-order valence-electron chi connectivity index (χ3n) is 3.27. The molecule has 1 unspecified atom stereocenters. The SMILES string of the molecule is COc1cccc(CC(N)c2cc(F)c(C)cc2F)c1. The molecule has 2 aromatic carbocycles. The molecule has 0 radical (unpaired) electrons. The summed E-state index contributed by atoms with van der Waals surface area (Å²) in [4.78, 5) is 0. The first-order valence-corrected chi connectivity index (χ1v) is 6.35. The summed E-state index contributed by atoms with van der Waals surface area (Å²) in [6, 6.07) is 9.13. The molecule has 20 heavy (non-hydrogen) atoms. The lowest BCUT2D eigenvalue weighted by molar-refractivity contribution is 0.414. The number of methoxy groups -OCH3 is 1. The standard InChI is InChI=1S/C16H17F2NO/c1-10-6-15(18)13(9-14(10)17)16(19)8-11-4-3-5-12(7-11)20-2/h3-7,9,16H,8,19H2,1-2H3. The second-order valence-corrected chi connectivity index (χ2v) is 4.79. The molecule has 2 rings (SSSR count). The monoisotopic (exact) mass is 277 g/mol. The molecule has 0 spiro atoms. The van der Waals surface area contributed by atoms with Crippen LogP contribution >= 0.6 is 0 Å². The molecular weight excluding hydrogens is 260 g/mol. The van der Waals surface area contributed by atoms with Crippen LogP contribution in [0.3, 0.4) is 0 Å². The van der Waals surface area contributed by atoms with E-state index >= 15 is 0 Å².